The van der Waals surface area contributed by atoms with Crippen molar-refractivity contribution in [1.29, 1.82) is 0 Å². The van der Waals surface area contributed by atoms with Gasteiger partial charge in [0, 0.05) is 17.8 Å². The number of carbonyl (C=O) groups excluding carboxylic acids is 2. The lowest BCUT2D eigenvalue weighted by atomic mass is 9.76. The van der Waals surface area contributed by atoms with Crippen LogP contribution in [0, 0.1) is 17.3 Å². The number of nitrogens with two attached hydrogens (primary N) is 1. The van der Waals surface area contributed by atoms with Crippen LogP contribution in [0.4, 0.5) is 0 Å². The molecule has 0 saturated carbocycles. The molecule has 0 saturated heterocycles. The largest absolute Gasteiger partial charge is 0.463 e. The van der Waals surface area contributed by atoms with Crippen LogP contribution in [0.2, 0.25) is 0 Å². The number of Topliss-reactive ketones (excluding diaryl/α,β-unsaturated/α-hetero) is 1. The first-order valence-electron chi connectivity index (χ1n) is 17.3. The van der Waals surface area contributed by atoms with Gasteiger partial charge in [0.15, 0.2) is 5.76 Å². The third kappa shape index (κ3) is 27.5. The summed E-state index contributed by atoms with van der Waals surface area (Å²) in [5.41, 5.74) is 5.53. The second-order valence-electron chi connectivity index (χ2n) is 11.9. The highest BCUT2D eigenvalue weighted by Crippen LogP contribution is 2.31. The lowest BCUT2D eigenvalue weighted by molar-refractivity contribution is -0.202. The number of nitrogens with zero attached hydrogens (tertiary/aromatic N) is 1. The minimum atomic E-state index is -0.630. The van der Waals surface area contributed by atoms with Gasteiger partial charge in [0.05, 0.1) is 124 Å². The molecule has 0 rings (SSSR count). The molecular weight excluding hydrogens is 660 g/mol. The summed E-state index contributed by atoms with van der Waals surface area (Å²) in [6.45, 7) is 17.7. The third-order valence-corrected chi connectivity index (χ3v) is 7.16. The summed E-state index contributed by atoms with van der Waals surface area (Å²) in [5, 5.41) is 17.2. The van der Waals surface area contributed by atoms with Crippen LogP contribution < -0.4 is 5.73 Å². The zero-order chi connectivity index (χ0) is 37.3. The molecule has 0 aliphatic heterocycles. The Hall–Kier alpha value is -2.25. The van der Waals surface area contributed by atoms with Crippen molar-refractivity contribution in [3.63, 3.8) is 0 Å². The van der Waals surface area contributed by atoms with E-state index in [4.69, 9.17) is 58.7 Å². The van der Waals surface area contributed by atoms with Crippen molar-refractivity contribution in [1.82, 2.24) is 0 Å². The van der Waals surface area contributed by atoms with E-state index < -0.39 is 23.2 Å². The molecule has 50 heavy (non-hydrogen) atoms. The number of ketones is 1. The minimum Gasteiger partial charge on any atom is -0.463 e. The lowest BCUT2D eigenvalue weighted by Gasteiger charge is -2.29. The fourth-order valence-electron chi connectivity index (χ4n) is 4.33. The Labute approximate surface area is 297 Å². The number of rotatable bonds is 37. The summed E-state index contributed by atoms with van der Waals surface area (Å²) in [5.74, 6) is -0.910. The van der Waals surface area contributed by atoms with Crippen molar-refractivity contribution in [2.45, 2.75) is 47.0 Å². The van der Waals surface area contributed by atoms with E-state index in [1.54, 1.807) is 13.8 Å². The second kappa shape index (κ2) is 32.6. The van der Waals surface area contributed by atoms with Crippen LogP contribution in [-0.2, 0) is 57.1 Å². The molecule has 0 aliphatic carbocycles. The maximum Gasteiger partial charge on any atom is 0.308 e. The Morgan fingerprint density at radius 1 is 0.720 bits per heavy atom. The molecule has 0 fully saturated rings. The number of carbonyl (C=O) groups is 2. The van der Waals surface area contributed by atoms with Crippen molar-refractivity contribution in [2.75, 3.05) is 125 Å². The van der Waals surface area contributed by atoms with Crippen LogP contribution >= 0.6 is 0 Å². The summed E-state index contributed by atoms with van der Waals surface area (Å²) < 4.78 is 48.5. The van der Waals surface area contributed by atoms with Gasteiger partial charge in [0.1, 0.15) is 18.9 Å². The van der Waals surface area contributed by atoms with Gasteiger partial charge < -0.3 is 58.4 Å². The zero-order valence-corrected chi connectivity index (χ0v) is 30.7. The van der Waals surface area contributed by atoms with Gasteiger partial charge in [-0.1, -0.05) is 34.3 Å². The average Bonchev–Trinajstić information content (AvgIpc) is 3.10. The second-order valence-corrected chi connectivity index (χ2v) is 11.9. The molecule has 2 atom stereocenters. The standard InChI is InChI=1S/C34H64N2O14/c1-6-31(38)30(26-34(4,5)33(35)36-27-29(3)50-40)25-28(2)32(39)49-24-23-48-22-21-47-20-19-46-18-17-45-16-15-44-14-13-43-12-11-42-10-9-41-8-7-37/h28,30,37,40H,3,6-27H2,1-2,4-5H3,(H2,35,36). The predicted molar refractivity (Wildman–Crippen MR) is 185 cm³/mol. The molecule has 16 heteroatoms. The number of ether oxygens (including phenoxy) is 9. The first kappa shape index (κ1) is 47.8. The van der Waals surface area contributed by atoms with Crippen LogP contribution in [-0.4, -0.2) is 153 Å². The molecule has 0 bridgehead atoms. The molecule has 294 valence electrons. The molecule has 0 aromatic carbocycles. The van der Waals surface area contributed by atoms with E-state index in [-0.39, 0.29) is 37.9 Å². The molecular formula is C34H64N2O14. The Balaban J connectivity index is 3.78. The quantitative estimate of drug-likeness (QED) is 0.0160. The molecule has 0 amide bonds. The van der Waals surface area contributed by atoms with Crippen LogP contribution in [0.3, 0.4) is 0 Å². The van der Waals surface area contributed by atoms with Gasteiger partial charge in [0.25, 0.3) is 0 Å². The number of amidine groups is 1. The van der Waals surface area contributed by atoms with Gasteiger partial charge in [-0.3, -0.25) is 14.6 Å². The first-order chi connectivity index (χ1) is 24.1. The number of aliphatic hydroxyl groups is 1. The Morgan fingerprint density at radius 2 is 1.10 bits per heavy atom. The van der Waals surface area contributed by atoms with Crippen molar-refractivity contribution >= 4 is 17.6 Å². The summed E-state index contributed by atoms with van der Waals surface area (Å²) >= 11 is 0. The average molecular weight is 725 g/mol. The SMILES string of the molecule is C=C(CN=C(N)C(C)(C)CC(CC(C)C(=O)OCCOCCOCCOCCOCCOCCOCCOCCOCCO)C(=O)CC)OO. The molecule has 0 aromatic rings. The third-order valence-electron chi connectivity index (χ3n) is 7.16. The molecule has 4 N–H and O–H groups in total. The summed E-state index contributed by atoms with van der Waals surface area (Å²) in [4.78, 5) is 33.5. The maximum atomic E-state index is 12.7. The lowest BCUT2D eigenvalue weighted by Crippen LogP contribution is -2.36. The Kier molecular flexibility index (Phi) is 31.2. The zero-order valence-electron chi connectivity index (χ0n) is 30.7. The van der Waals surface area contributed by atoms with Crippen molar-refractivity contribution in [2.24, 2.45) is 28.0 Å². The molecule has 0 spiro atoms. The highest BCUT2D eigenvalue weighted by Gasteiger charge is 2.32. The summed E-state index contributed by atoms with van der Waals surface area (Å²) in [7, 11) is 0. The molecule has 0 aromatic heterocycles. The van der Waals surface area contributed by atoms with Gasteiger partial charge in [-0.25, -0.2) is 5.26 Å². The molecule has 0 radical (unpaired) electrons. The number of aliphatic imine (C=N–C) groups is 1. The van der Waals surface area contributed by atoms with Crippen LogP contribution in [0.1, 0.15) is 47.0 Å². The fourth-order valence-corrected chi connectivity index (χ4v) is 4.33. The first-order valence-corrected chi connectivity index (χ1v) is 17.3. The maximum absolute atomic E-state index is 12.7. The van der Waals surface area contributed by atoms with Crippen molar-refractivity contribution in [3.05, 3.63) is 12.3 Å². The highest BCUT2D eigenvalue weighted by atomic mass is 17.1. The van der Waals surface area contributed by atoms with Gasteiger partial charge in [-0.05, 0) is 12.8 Å². The summed E-state index contributed by atoms with van der Waals surface area (Å²) in [6.07, 6.45) is 1.06. The molecule has 0 aliphatic rings. The van der Waals surface area contributed by atoms with E-state index in [0.29, 0.717) is 124 Å². The van der Waals surface area contributed by atoms with E-state index in [2.05, 4.69) is 16.5 Å². The smallest absolute Gasteiger partial charge is 0.308 e. The number of hydrogen-bond acceptors (Lipinski definition) is 15. The van der Waals surface area contributed by atoms with Crippen LogP contribution in [0.25, 0.3) is 0 Å². The van der Waals surface area contributed by atoms with Crippen LogP contribution in [0.5, 0.6) is 0 Å². The van der Waals surface area contributed by atoms with Gasteiger partial charge in [-0.2, -0.15) is 0 Å². The Bertz CT molecular complexity index is 890. The van der Waals surface area contributed by atoms with E-state index >= 15 is 0 Å². The van der Waals surface area contributed by atoms with Crippen molar-refractivity contribution in [3.8, 4) is 0 Å². The van der Waals surface area contributed by atoms with Gasteiger partial charge in [-0.15, -0.1) is 0 Å². The predicted octanol–water partition coefficient (Wildman–Crippen LogP) is 2.05. The van der Waals surface area contributed by atoms with Gasteiger partial charge >= 0.3 is 5.97 Å². The normalized spacial score (nSPS) is 13.3. The van der Waals surface area contributed by atoms with Crippen molar-refractivity contribution < 1.29 is 67.5 Å². The fraction of sp³-hybridized carbons (Fsp3) is 0.853. The summed E-state index contributed by atoms with van der Waals surface area (Å²) in [6, 6.07) is 0. The topological polar surface area (TPSA) is 205 Å². The van der Waals surface area contributed by atoms with E-state index in [1.165, 1.54) is 0 Å². The van der Waals surface area contributed by atoms with E-state index in [0.717, 1.165) is 0 Å². The number of aliphatic hydroxyl groups excluding tert-OH is 1. The monoisotopic (exact) mass is 724 g/mol. The molecule has 2 unspecified atom stereocenters. The molecule has 0 heterocycles. The Morgan fingerprint density at radius 3 is 1.46 bits per heavy atom. The van der Waals surface area contributed by atoms with Crippen LogP contribution in [0.15, 0.2) is 17.3 Å². The number of esters is 1. The molecule has 16 nitrogen and oxygen atoms in total. The highest BCUT2D eigenvalue weighted by molar-refractivity contribution is 5.87. The number of hydrogen-bond donors (Lipinski definition) is 3. The van der Waals surface area contributed by atoms with E-state index in [1.807, 2.05) is 13.8 Å². The minimum absolute atomic E-state index is 0.000374. The van der Waals surface area contributed by atoms with Gasteiger partial charge in [0.2, 0.25) is 0 Å². The van der Waals surface area contributed by atoms with E-state index in [9.17, 15) is 9.59 Å².